The van der Waals surface area contributed by atoms with Gasteiger partial charge < -0.3 is 15.4 Å². The summed E-state index contributed by atoms with van der Waals surface area (Å²) in [5, 5.41) is 5.96. The largest absolute Gasteiger partial charge is 0.383 e. The van der Waals surface area contributed by atoms with Crippen LogP contribution in [0.2, 0.25) is 0 Å². The zero-order chi connectivity index (χ0) is 12.4. The Morgan fingerprint density at radius 3 is 2.56 bits per heavy atom. The molecule has 96 valence electrons. The number of aliphatic imine (C=N–C) groups is 1. The van der Waals surface area contributed by atoms with Gasteiger partial charge in [0.2, 0.25) is 0 Å². The van der Waals surface area contributed by atoms with Crippen molar-refractivity contribution in [2.24, 2.45) is 4.99 Å². The third kappa shape index (κ3) is 9.72. The summed E-state index contributed by atoms with van der Waals surface area (Å²) in [6.07, 6.45) is 1.21. The first-order valence-electron chi connectivity index (χ1n) is 5.18. The summed E-state index contributed by atoms with van der Waals surface area (Å²) in [5.74, 6) is 0.713. The molecule has 0 atom stereocenters. The lowest BCUT2D eigenvalue weighted by Gasteiger charge is -2.10. The number of nitrogens with zero attached hydrogens (tertiary/aromatic N) is 1. The van der Waals surface area contributed by atoms with Gasteiger partial charge in [0.1, 0.15) is 9.84 Å². The number of methoxy groups -OCH3 is 1. The third-order valence-electron chi connectivity index (χ3n) is 1.67. The van der Waals surface area contributed by atoms with Crippen molar-refractivity contribution in [1.29, 1.82) is 0 Å². The molecule has 0 aromatic heterocycles. The second-order valence-electron chi connectivity index (χ2n) is 3.31. The number of ether oxygens (including phenoxy) is 1. The smallest absolute Gasteiger partial charge is 0.191 e. The second kappa shape index (κ2) is 8.35. The van der Waals surface area contributed by atoms with E-state index >= 15 is 0 Å². The number of sulfone groups is 1. The van der Waals surface area contributed by atoms with Crippen LogP contribution in [0.3, 0.4) is 0 Å². The lowest BCUT2D eigenvalue weighted by Crippen LogP contribution is -2.39. The predicted octanol–water partition coefficient (Wildman–Crippen LogP) is -0.767. The zero-order valence-electron chi connectivity index (χ0n) is 10.1. The summed E-state index contributed by atoms with van der Waals surface area (Å²) in [4.78, 5) is 4.20. The minimum Gasteiger partial charge on any atom is -0.383 e. The fourth-order valence-electron chi connectivity index (χ4n) is 0.945. The zero-order valence-corrected chi connectivity index (χ0v) is 10.9. The molecule has 0 saturated heterocycles. The molecule has 0 fully saturated rings. The molecule has 16 heavy (non-hydrogen) atoms. The minimum atomic E-state index is -2.93. The van der Waals surface area contributed by atoms with E-state index in [1.807, 2.05) is 6.92 Å². The molecule has 7 heteroatoms. The summed E-state index contributed by atoms with van der Waals surface area (Å²) in [5.41, 5.74) is 0. The van der Waals surface area contributed by atoms with Crippen molar-refractivity contribution < 1.29 is 13.2 Å². The Hall–Kier alpha value is -0.820. The lowest BCUT2D eigenvalue weighted by molar-refractivity contribution is 0.208. The third-order valence-corrected chi connectivity index (χ3v) is 2.62. The summed E-state index contributed by atoms with van der Waals surface area (Å²) in [6, 6.07) is 0. The van der Waals surface area contributed by atoms with E-state index in [1.54, 1.807) is 7.11 Å². The SMILES string of the molecule is CCNC(=NCCOC)NCCS(C)(=O)=O. The maximum atomic E-state index is 10.9. The molecular weight excluding hydrogens is 230 g/mol. The van der Waals surface area contributed by atoms with Gasteiger partial charge in [0.05, 0.1) is 18.9 Å². The predicted molar refractivity (Wildman–Crippen MR) is 65.6 cm³/mol. The van der Waals surface area contributed by atoms with Gasteiger partial charge in [-0.1, -0.05) is 0 Å². The van der Waals surface area contributed by atoms with Gasteiger partial charge in [0.25, 0.3) is 0 Å². The number of hydrogen-bond acceptors (Lipinski definition) is 4. The van der Waals surface area contributed by atoms with Crippen molar-refractivity contribution in [1.82, 2.24) is 10.6 Å². The number of guanidine groups is 1. The van der Waals surface area contributed by atoms with Gasteiger partial charge in [-0.25, -0.2) is 8.42 Å². The molecule has 0 aromatic carbocycles. The van der Waals surface area contributed by atoms with Crippen LogP contribution in [0.15, 0.2) is 4.99 Å². The fraction of sp³-hybridized carbons (Fsp3) is 0.889. The molecule has 0 amide bonds. The number of rotatable bonds is 7. The van der Waals surface area contributed by atoms with E-state index in [4.69, 9.17) is 4.74 Å². The Morgan fingerprint density at radius 2 is 2.06 bits per heavy atom. The summed E-state index contributed by atoms with van der Waals surface area (Å²) >= 11 is 0. The summed E-state index contributed by atoms with van der Waals surface area (Å²) < 4.78 is 26.7. The minimum absolute atomic E-state index is 0.0989. The Labute approximate surface area is 97.4 Å². The molecule has 0 aliphatic heterocycles. The molecule has 0 aliphatic carbocycles. The van der Waals surface area contributed by atoms with Crippen molar-refractivity contribution in [2.75, 3.05) is 45.4 Å². The molecule has 0 rings (SSSR count). The van der Waals surface area contributed by atoms with Crippen LogP contribution in [0.1, 0.15) is 6.92 Å². The van der Waals surface area contributed by atoms with Gasteiger partial charge in [-0.3, -0.25) is 4.99 Å². The van der Waals surface area contributed by atoms with E-state index in [2.05, 4.69) is 15.6 Å². The Balaban J connectivity index is 3.98. The van der Waals surface area contributed by atoms with E-state index < -0.39 is 9.84 Å². The normalized spacial score (nSPS) is 12.6. The van der Waals surface area contributed by atoms with Gasteiger partial charge in [0, 0.05) is 26.5 Å². The van der Waals surface area contributed by atoms with Gasteiger partial charge in [-0.2, -0.15) is 0 Å². The summed E-state index contributed by atoms with van der Waals surface area (Å²) in [6.45, 7) is 4.13. The molecule has 0 bridgehead atoms. The van der Waals surface area contributed by atoms with E-state index in [0.29, 0.717) is 25.7 Å². The van der Waals surface area contributed by atoms with Crippen LogP contribution in [-0.2, 0) is 14.6 Å². The van der Waals surface area contributed by atoms with Crippen molar-refractivity contribution in [3.8, 4) is 0 Å². The molecule has 2 N–H and O–H groups in total. The highest BCUT2D eigenvalue weighted by Crippen LogP contribution is 1.80. The van der Waals surface area contributed by atoms with Gasteiger partial charge in [0.15, 0.2) is 5.96 Å². The molecule has 0 spiro atoms. The highest BCUT2D eigenvalue weighted by Gasteiger charge is 2.02. The van der Waals surface area contributed by atoms with E-state index in [1.165, 1.54) is 6.26 Å². The van der Waals surface area contributed by atoms with Crippen molar-refractivity contribution in [3.63, 3.8) is 0 Å². The first-order chi connectivity index (χ1) is 7.49. The second-order valence-corrected chi connectivity index (χ2v) is 5.57. The summed E-state index contributed by atoms with van der Waals surface area (Å²) in [7, 11) is -1.32. The van der Waals surface area contributed by atoms with E-state index in [-0.39, 0.29) is 5.75 Å². The van der Waals surface area contributed by atoms with Crippen molar-refractivity contribution in [3.05, 3.63) is 0 Å². The maximum absolute atomic E-state index is 10.9. The van der Waals surface area contributed by atoms with Crippen LogP contribution in [0.4, 0.5) is 0 Å². The van der Waals surface area contributed by atoms with Crippen molar-refractivity contribution in [2.45, 2.75) is 6.92 Å². The highest BCUT2D eigenvalue weighted by atomic mass is 32.2. The molecule has 0 radical (unpaired) electrons. The topological polar surface area (TPSA) is 79.8 Å². The molecule has 0 aliphatic rings. The Bertz CT molecular complexity index is 301. The Morgan fingerprint density at radius 1 is 1.38 bits per heavy atom. The average Bonchev–Trinajstić information content (AvgIpc) is 2.16. The van der Waals surface area contributed by atoms with Crippen LogP contribution in [0, 0.1) is 0 Å². The monoisotopic (exact) mass is 251 g/mol. The standard InChI is InChI=1S/C9H21N3O3S/c1-4-10-9(11-5-7-15-2)12-6-8-16(3,13)14/h4-8H2,1-3H3,(H2,10,11,12). The average molecular weight is 251 g/mol. The quantitative estimate of drug-likeness (QED) is 0.353. The molecule has 0 heterocycles. The van der Waals surface area contributed by atoms with Gasteiger partial charge in [-0.15, -0.1) is 0 Å². The molecular formula is C9H21N3O3S. The Kier molecular flexibility index (Phi) is 7.92. The lowest BCUT2D eigenvalue weighted by atomic mass is 10.6. The number of nitrogens with one attached hydrogen (secondary N) is 2. The highest BCUT2D eigenvalue weighted by molar-refractivity contribution is 7.90. The molecule has 0 saturated carbocycles. The van der Waals surface area contributed by atoms with Gasteiger partial charge >= 0.3 is 0 Å². The molecule has 6 nitrogen and oxygen atoms in total. The van der Waals surface area contributed by atoms with Crippen LogP contribution >= 0.6 is 0 Å². The van der Waals surface area contributed by atoms with Crippen molar-refractivity contribution >= 4 is 15.8 Å². The van der Waals surface area contributed by atoms with Crippen LogP contribution < -0.4 is 10.6 Å². The maximum Gasteiger partial charge on any atom is 0.191 e. The fourth-order valence-corrected chi connectivity index (χ4v) is 1.42. The van der Waals surface area contributed by atoms with Gasteiger partial charge in [-0.05, 0) is 6.92 Å². The van der Waals surface area contributed by atoms with Crippen LogP contribution in [0.25, 0.3) is 0 Å². The molecule has 0 aromatic rings. The van der Waals surface area contributed by atoms with Crippen LogP contribution in [-0.4, -0.2) is 59.7 Å². The first kappa shape index (κ1) is 15.2. The van der Waals surface area contributed by atoms with E-state index in [9.17, 15) is 8.42 Å². The van der Waals surface area contributed by atoms with E-state index in [0.717, 1.165) is 6.54 Å². The number of hydrogen-bond donors (Lipinski definition) is 2. The molecule has 0 unspecified atom stereocenters. The first-order valence-corrected chi connectivity index (χ1v) is 7.24. The van der Waals surface area contributed by atoms with Crippen LogP contribution in [0.5, 0.6) is 0 Å².